The molecule has 2 heterocycles. The summed E-state index contributed by atoms with van der Waals surface area (Å²) in [7, 11) is 0. The molecule has 6 nitrogen and oxygen atoms in total. The lowest BCUT2D eigenvalue weighted by molar-refractivity contribution is 0.0767. The van der Waals surface area contributed by atoms with Crippen LogP contribution in [0.15, 0.2) is 66.9 Å². The Morgan fingerprint density at radius 1 is 0.938 bits per heavy atom. The SMILES string of the molecule is Cc1ccc(C(=O)Nc2ccc(N3CCCN(C(=O)c4cccc(Cl)c4)CC3)nc2)cc1. The van der Waals surface area contributed by atoms with Crippen LogP contribution in [0.2, 0.25) is 5.02 Å². The van der Waals surface area contributed by atoms with E-state index in [-0.39, 0.29) is 11.8 Å². The molecule has 164 valence electrons. The fourth-order valence-electron chi connectivity index (χ4n) is 3.71. The number of halogens is 1. The molecule has 0 spiro atoms. The first-order chi connectivity index (χ1) is 15.5. The highest BCUT2D eigenvalue weighted by Crippen LogP contribution is 2.19. The van der Waals surface area contributed by atoms with Gasteiger partial charge in [-0.15, -0.1) is 0 Å². The van der Waals surface area contributed by atoms with E-state index in [4.69, 9.17) is 11.6 Å². The highest BCUT2D eigenvalue weighted by molar-refractivity contribution is 6.30. The summed E-state index contributed by atoms with van der Waals surface area (Å²) in [6.45, 7) is 4.78. The molecule has 0 bridgehead atoms. The van der Waals surface area contributed by atoms with Crippen LogP contribution in [0.25, 0.3) is 0 Å². The third kappa shape index (κ3) is 5.26. The van der Waals surface area contributed by atoms with E-state index in [1.807, 2.05) is 36.1 Å². The lowest BCUT2D eigenvalue weighted by atomic mass is 10.1. The lowest BCUT2D eigenvalue weighted by Gasteiger charge is -2.23. The number of hydrogen-bond donors (Lipinski definition) is 1. The second-order valence-corrected chi connectivity index (χ2v) is 8.30. The van der Waals surface area contributed by atoms with Gasteiger partial charge in [0.2, 0.25) is 0 Å². The Bertz CT molecular complexity index is 1100. The summed E-state index contributed by atoms with van der Waals surface area (Å²) >= 11 is 6.04. The number of carbonyl (C=O) groups is 2. The van der Waals surface area contributed by atoms with E-state index < -0.39 is 0 Å². The summed E-state index contributed by atoms with van der Waals surface area (Å²) in [5.41, 5.74) is 2.97. The molecule has 2 amide bonds. The third-order valence-electron chi connectivity index (χ3n) is 5.50. The van der Waals surface area contributed by atoms with Crippen molar-refractivity contribution in [1.82, 2.24) is 9.88 Å². The third-order valence-corrected chi connectivity index (χ3v) is 5.73. The molecule has 4 rings (SSSR count). The number of hydrogen-bond acceptors (Lipinski definition) is 4. The average Bonchev–Trinajstić information content (AvgIpc) is 3.06. The molecule has 0 radical (unpaired) electrons. The minimum atomic E-state index is -0.163. The minimum absolute atomic E-state index is 0.00326. The number of anilines is 2. The first-order valence-corrected chi connectivity index (χ1v) is 11.0. The molecule has 7 heteroatoms. The molecule has 1 aliphatic heterocycles. The van der Waals surface area contributed by atoms with Gasteiger partial charge in [0, 0.05) is 42.3 Å². The Balaban J connectivity index is 1.36. The van der Waals surface area contributed by atoms with Crippen LogP contribution in [-0.2, 0) is 0 Å². The van der Waals surface area contributed by atoms with Gasteiger partial charge in [0.05, 0.1) is 11.9 Å². The number of aromatic nitrogens is 1. The Hall–Kier alpha value is -3.38. The van der Waals surface area contributed by atoms with E-state index in [0.29, 0.717) is 41.5 Å². The molecule has 0 saturated carbocycles. The number of rotatable bonds is 4. The maximum Gasteiger partial charge on any atom is 0.255 e. The number of benzene rings is 2. The predicted octanol–water partition coefficient (Wildman–Crippen LogP) is 4.65. The summed E-state index contributed by atoms with van der Waals surface area (Å²) in [4.78, 5) is 33.8. The Kier molecular flexibility index (Phi) is 6.71. The summed E-state index contributed by atoms with van der Waals surface area (Å²) in [6, 6.07) is 18.3. The molecular weight excluding hydrogens is 424 g/mol. The number of amides is 2. The number of nitrogens with zero attached hydrogens (tertiary/aromatic N) is 3. The number of pyridine rings is 1. The maximum absolute atomic E-state index is 12.8. The van der Waals surface area contributed by atoms with E-state index >= 15 is 0 Å². The molecule has 3 aromatic rings. The monoisotopic (exact) mass is 448 g/mol. The minimum Gasteiger partial charge on any atom is -0.355 e. The Morgan fingerprint density at radius 3 is 2.47 bits per heavy atom. The molecule has 1 aliphatic rings. The standard InChI is InChI=1S/C25H25ClN4O2/c1-18-6-8-19(9-7-18)24(31)28-22-10-11-23(27-17-22)29-12-3-13-30(15-14-29)25(32)20-4-2-5-21(26)16-20/h2,4-11,16-17H,3,12-15H2,1H3,(H,28,31). The van der Waals surface area contributed by atoms with Crippen molar-refractivity contribution in [2.45, 2.75) is 13.3 Å². The zero-order valence-electron chi connectivity index (χ0n) is 17.9. The quantitative estimate of drug-likeness (QED) is 0.631. The second-order valence-electron chi connectivity index (χ2n) is 7.87. The molecule has 1 fully saturated rings. The molecule has 2 aromatic carbocycles. The predicted molar refractivity (Wildman–Crippen MR) is 128 cm³/mol. The zero-order valence-corrected chi connectivity index (χ0v) is 18.7. The van der Waals surface area contributed by atoms with Crippen molar-refractivity contribution in [3.05, 3.63) is 88.6 Å². The number of aryl methyl sites for hydroxylation is 1. The van der Waals surface area contributed by atoms with Crippen molar-refractivity contribution in [3.8, 4) is 0 Å². The van der Waals surface area contributed by atoms with Gasteiger partial charge in [-0.3, -0.25) is 9.59 Å². The van der Waals surface area contributed by atoms with Gasteiger partial charge in [-0.05, 0) is 55.8 Å². The molecule has 1 aromatic heterocycles. The largest absolute Gasteiger partial charge is 0.355 e. The van der Waals surface area contributed by atoms with E-state index in [2.05, 4.69) is 15.2 Å². The van der Waals surface area contributed by atoms with Crippen LogP contribution in [0, 0.1) is 6.92 Å². The van der Waals surface area contributed by atoms with Gasteiger partial charge in [-0.1, -0.05) is 35.4 Å². The van der Waals surface area contributed by atoms with Crippen LogP contribution in [0.5, 0.6) is 0 Å². The van der Waals surface area contributed by atoms with Crippen molar-refractivity contribution in [2.24, 2.45) is 0 Å². The van der Waals surface area contributed by atoms with Gasteiger partial charge in [-0.25, -0.2) is 4.98 Å². The molecule has 0 aliphatic carbocycles. The first kappa shape index (κ1) is 21.8. The van der Waals surface area contributed by atoms with Crippen LogP contribution in [0.3, 0.4) is 0 Å². The van der Waals surface area contributed by atoms with Gasteiger partial charge in [0.25, 0.3) is 11.8 Å². The van der Waals surface area contributed by atoms with Gasteiger partial charge >= 0.3 is 0 Å². The Morgan fingerprint density at radius 2 is 1.75 bits per heavy atom. The van der Waals surface area contributed by atoms with Crippen molar-refractivity contribution >= 4 is 34.9 Å². The first-order valence-electron chi connectivity index (χ1n) is 10.6. The van der Waals surface area contributed by atoms with Gasteiger partial charge in [0.1, 0.15) is 5.82 Å². The maximum atomic E-state index is 12.8. The lowest BCUT2D eigenvalue weighted by Crippen LogP contribution is -2.35. The van der Waals surface area contributed by atoms with E-state index in [1.165, 1.54) is 0 Å². The molecule has 1 N–H and O–H groups in total. The summed E-state index contributed by atoms with van der Waals surface area (Å²) < 4.78 is 0. The van der Waals surface area contributed by atoms with Crippen molar-refractivity contribution in [2.75, 3.05) is 36.4 Å². The van der Waals surface area contributed by atoms with Gasteiger partial charge < -0.3 is 15.1 Å². The van der Waals surface area contributed by atoms with Crippen LogP contribution < -0.4 is 10.2 Å². The molecule has 0 unspecified atom stereocenters. The Labute approximate surface area is 192 Å². The van der Waals surface area contributed by atoms with Gasteiger partial charge in [0.15, 0.2) is 0 Å². The topological polar surface area (TPSA) is 65.5 Å². The smallest absolute Gasteiger partial charge is 0.255 e. The highest BCUT2D eigenvalue weighted by atomic mass is 35.5. The fraction of sp³-hybridized carbons (Fsp3) is 0.240. The van der Waals surface area contributed by atoms with Crippen LogP contribution >= 0.6 is 11.6 Å². The van der Waals surface area contributed by atoms with Crippen molar-refractivity contribution < 1.29 is 9.59 Å². The number of carbonyl (C=O) groups excluding carboxylic acids is 2. The second kappa shape index (κ2) is 9.83. The molecule has 1 saturated heterocycles. The fourth-order valence-corrected chi connectivity index (χ4v) is 3.90. The molecule has 0 atom stereocenters. The zero-order chi connectivity index (χ0) is 22.5. The van der Waals surface area contributed by atoms with E-state index in [9.17, 15) is 9.59 Å². The summed E-state index contributed by atoms with van der Waals surface area (Å²) in [6.07, 6.45) is 2.51. The highest BCUT2D eigenvalue weighted by Gasteiger charge is 2.21. The summed E-state index contributed by atoms with van der Waals surface area (Å²) in [5.74, 6) is 0.663. The summed E-state index contributed by atoms with van der Waals surface area (Å²) in [5, 5.41) is 3.44. The molecule has 32 heavy (non-hydrogen) atoms. The molecular formula is C25H25ClN4O2. The van der Waals surface area contributed by atoms with Crippen LogP contribution in [0.1, 0.15) is 32.7 Å². The normalized spacial score (nSPS) is 14.1. The number of nitrogens with one attached hydrogen (secondary N) is 1. The van der Waals surface area contributed by atoms with Crippen LogP contribution in [-0.4, -0.2) is 47.9 Å². The van der Waals surface area contributed by atoms with Crippen molar-refractivity contribution in [1.29, 1.82) is 0 Å². The van der Waals surface area contributed by atoms with E-state index in [1.54, 1.807) is 42.6 Å². The van der Waals surface area contributed by atoms with Gasteiger partial charge in [-0.2, -0.15) is 0 Å². The van der Waals surface area contributed by atoms with Crippen molar-refractivity contribution in [3.63, 3.8) is 0 Å². The average molecular weight is 449 g/mol. The van der Waals surface area contributed by atoms with E-state index in [0.717, 1.165) is 24.3 Å². The van der Waals surface area contributed by atoms with Crippen LogP contribution in [0.4, 0.5) is 11.5 Å².